The molecule has 4 nitrogen and oxygen atoms in total. The molecule has 1 saturated heterocycles. The maximum atomic E-state index is 10.3. The second-order valence-electron chi connectivity index (χ2n) is 8.81. The lowest BCUT2D eigenvalue weighted by molar-refractivity contribution is -0.137. The van der Waals surface area contributed by atoms with Crippen molar-refractivity contribution in [3.8, 4) is 0 Å². The molecular weight excluding hydrogens is 372 g/mol. The van der Waals surface area contributed by atoms with Crippen LogP contribution in [0.1, 0.15) is 121 Å². The Hall–Kier alpha value is -1.42. The number of carbonyl (C=O) groups is 1. The molecule has 0 aliphatic carbocycles. The highest BCUT2D eigenvalue weighted by molar-refractivity contribution is 5.66. The van der Waals surface area contributed by atoms with Crippen molar-refractivity contribution in [3.05, 3.63) is 30.1 Å². The summed E-state index contributed by atoms with van der Waals surface area (Å²) in [7, 11) is 2.19. The molecule has 0 bridgehead atoms. The Bertz CT molecular complexity index is 521. The summed E-state index contributed by atoms with van der Waals surface area (Å²) in [6.07, 6.45) is 23.7. The van der Waals surface area contributed by atoms with Crippen LogP contribution in [0.4, 0.5) is 0 Å². The van der Waals surface area contributed by atoms with Gasteiger partial charge >= 0.3 is 5.97 Å². The average molecular weight is 419 g/mol. The lowest BCUT2D eigenvalue weighted by atomic mass is 10.0. The zero-order valence-corrected chi connectivity index (χ0v) is 19.7. The van der Waals surface area contributed by atoms with Crippen molar-refractivity contribution in [2.45, 2.75) is 116 Å². The molecule has 30 heavy (non-hydrogen) atoms. The van der Waals surface area contributed by atoms with E-state index in [1.807, 2.05) is 18.5 Å². The molecule has 172 valence electrons. The molecule has 0 spiro atoms. The van der Waals surface area contributed by atoms with E-state index in [0.29, 0.717) is 12.5 Å². The van der Waals surface area contributed by atoms with Crippen LogP contribution in [0.3, 0.4) is 0 Å². The second-order valence-corrected chi connectivity index (χ2v) is 8.81. The number of rotatable bonds is 15. The van der Waals surface area contributed by atoms with Crippen LogP contribution in [0.2, 0.25) is 0 Å². The van der Waals surface area contributed by atoms with E-state index in [1.54, 1.807) is 0 Å². The summed E-state index contributed by atoms with van der Waals surface area (Å²) in [6, 6.07) is 4.79. The molecule has 4 heteroatoms. The fourth-order valence-corrected chi connectivity index (χ4v) is 4.20. The minimum absolute atomic E-state index is 0.345. The van der Waals surface area contributed by atoms with Gasteiger partial charge in [-0.25, -0.2) is 0 Å². The van der Waals surface area contributed by atoms with Crippen LogP contribution in [0.5, 0.6) is 0 Å². The van der Waals surface area contributed by atoms with Gasteiger partial charge < -0.3 is 5.11 Å². The van der Waals surface area contributed by atoms with Crippen LogP contribution in [0.25, 0.3) is 0 Å². The highest BCUT2D eigenvalue weighted by Crippen LogP contribution is 2.29. The summed E-state index contributed by atoms with van der Waals surface area (Å²) >= 11 is 0. The largest absolute Gasteiger partial charge is 0.481 e. The number of likely N-dealkylation sites (tertiary alicyclic amines) is 1. The molecule has 1 aromatic rings. The van der Waals surface area contributed by atoms with Crippen LogP contribution in [0, 0.1) is 0 Å². The minimum atomic E-state index is -0.655. The number of aliphatic carboxylic acids is 1. The molecule has 1 aromatic heterocycles. The Morgan fingerprint density at radius 1 is 1.00 bits per heavy atom. The molecule has 1 N–H and O–H groups in total. The monoisotopic (exact) mass is 418 g/mol. The van der Waals surface area contributed by atoms with Crippen molar-refractivity contribution >= 4 is 5.97 Å². The Morgan fingerprint density at radius 3 is 2.00 bits per heavy atom. The number of hydrogen-bond donors (Lipinski definition) is 1. The van der Waals surface area contributed by atoms with Crippen molar-refractivity contribution < 1.29 is 9.90 Å². The van der Waals surface area contributed by atoms with Crippen molar-refractivity contribution in [1.82, 2.24) is 9.88 Å². The molecule has 2 heterocycles. The first-order chi connectivity index (χ1) is 14.6. The predicted octanol–water partition coefficient (Wildman–Crippen LogP) is 7.40. The summed E-state index contributed by atoms with van der Waals surface area (Å²) < 4.78 is 0. The van der Waals surface area contributed by atoms with E-state index in [2.05, 4.69) is 29.9 Å². The van der Waals surface area contributed by atoms with Crippen LogP contribution in [0.15, 0.2) is 24.5 Å². The van der Waals surface area contributed by atoms with Crippen molar-refractivity contribution in [2.24, 2.45) is 0 Å². The third-order valence-electron chi connectivity index (χ3n) is 6.08. The number of pyridine rings is 1. The highest BCUT2D eigenvalue weighted by Gasteiger charge is 2.21. The van der Waals surface area contributed by atoms with Crippen molar-refractivity contribution in [3.63, 3.8) is 0 Å². The molecule has 0 aromatic carbocycles. The lowest BCUT2D eigenvalue weighted by Crippen LogP contribution is -2.17. The first-order valence-corrected chi connectivity index (χ1v) is 12.5. The maximum absolute atomic E-state index is 10.3. The normalized spacial score (nSPS) is 16.3. The van der Waals surface area contributed by atoms with Gasteiger partial charge in [0.2, 0.25) is 0 Å². The van der Waals surface area contributed by atoms with E-state index >= 15 is 0 Å². The van der Waals surface area contributed by atoms with E-state index in [-0.39, 0.29) is 0 Å². The van der Waals surface area contributed by atoms with Gasteiger partial charge in [-0.3, -0.25) is 14.7 Å². The summed E-state index contributed by atoms with van der Waals surface area (Å²) in [5, 5.41) is 8.49. The smallest absolute Gasteiger partial charge is 0.303 e. The maximum Gasteiger partial charge on any atom is 0.303 e. The van der Waals surface area contributed by atoms with Gasteiger partial charge in [-0.2, -0.15) is 0 Å². The fraction of sp³-hybridized carbons (Fsp3) is 0.769. The topological polar surface area (TPSA) is 53.4 Å². The predicted molar refractivity (Wildman–Crippen MR) is 127 cm³/mol. The van der Waals surface area contributed by atoms with E-state index in [1.165, 1.54) is 95.6 Å². The van der Waals surface area contributed by atoms with E-state index in [0.717, 1.165) is 12.8 Å². The first-order valence-electron chi connectivity index (χ1n) is 12.5. The third kappa shape index (κ3) is 13.7. The van der Waals surface area contributed by atoms with Gasteiger partial charge in [0.25, 0.3) is 0 Å². The van der Waals surface area contributed by atoms with Gasteiger partial charge in [-0.15, -0.1) is 0 Å². The van der Waals surface area contributed by atoms with Crippen molar-refractivity contribution in [2.75, 3.05) is 13.6 Å². The number of carboxylic acids is 1. The molecule has 1 fully saturated rings. The number of nitrogens with zero attached hydrogens (tertiary/aromatic N) is 2. The van der Waals surface area contributed by atoms with Gasteiger partial charge in [0.15, 0.2) is 0 Å². The third-order valence-corrected chi connectivity index (χ3v) is 6.08. The Kier molecular flexibility index (Phi) is 16.3. The SMILES string of the molecule is CCCCCCCCCCCCCCCC(=O)O.CN1CCC[C@H]1c1cccnc1. The van der Waals surface area contributed by atoms with Gasteiger partial charge in [-0.1, -0.05) is 90.0 Å². The number of hydrogen-bond acceptors (Lipinski definition) is 3. The molecule has 1 aliphatic rings. The first kappa shape index (κ1) is 26.6. The minimum Gasteiger partial charge on any atom is -0.481 e. The highest BCUT2D eigenvalue weighted by atomic mass is 16.4. The quantitative estimate of drug-likeness (QED) is 0.301. The standard InChI is InChI=1S/C16H32O2.C10H14N2/c1-2-3-4-5-6-7-8-9-10-11-12-13-14-15-16(17)18;1-12-7-3-5-10(12)9-4-2-6-11-8-9/h2-15H2,1H3,(H,17,18);2,4,6,8,10H,3,5,7H2,1H3/t;10-/m.0/s1. The Morgan fingerprint density at radius 2 is 1.57 bits per heavy atom. The lowest BCUT2D eigenvalue weighted by Gasteiger charge is -2.18. The zero-order valence-electron chi connectivity index (χ0n) is 19.7. The Labute approximate surface area is 185 Å². The van der Waals surface area contributed by atoms with Gasteiger partial charge in [0.05, 0.1) is 0 Å². The molecule has 1 atom stereocenters. The Balaban J connectivity index is 0.000000321. The number of aromatic nitrogens is 1. The molecule has 2 rings (SSSR count). The van der Waals surface area contributed by atoms with Gasteiger partial charge in [-0.05, 0) is 44.5 Å². The van der Waals surface area contributed by atoms with Crippen LogP contribution in [-0.2, 0) is 4.79 Å². The molecule has 0 radical (unpaired) electrons. The van der Waals surface area contributed by atoms with Crippen LogP contribution in [-0.4, -0.2) is 34.6 Å². The zero-order chi connectivity index (χ0) is 21.9. The molecule has 1 aliphatic heterocycles. The number of unbranched alkanes of at least 4 members (excludes halogenated alkanes) is 12. The average Bonchev–Trinajstić information content (AvgIpc) is 3.18. The van der Waals surface area contributed by atoms with Crippen molar-refractivity contribution in [1.29, 1.82) is 0 Å². The summed E-state index contributed by atoms with van der Waals surface area (Å²) in [5.74, 6) is -0.655. The summed E-state index contributed by atoms with van der Waals surface area (Å²) in [5.41, 5.74) is 1.36. The van der Waals surface area contributed by atoms with Gasteiger partial charge in [0.1, 0.15) is 0 Å². The summed E-state index contributed by atoms with van der Waals surface area (Å²) in [4.78, 5) is 16.8. The summed E-state index contributed by atoms with van der Waals surface area (Å²) in [6.45, 7) is 3.48. The fourth-order valence-electron chi connectivity index (χ4n) is 4.20. The molecule has 0 amide bonds. The van der Waals surface area contributed by atoms with E-state index in [9.17, 15) is 4.79 Å². The van der Waals surface area contributed by atoms with E-state index in [4.69, 9.17) is 5.11 Å². The van der Waals surface area contributed by atoms with E-state index < -0.39 is 5.97 Å². The van der Waals surface area contributed by atoms with Crippen LogP contribution >= 0.6 is 0 Å². The van der Waals surface area contributed by atoms with Gasteiger partial charge in [0, 0.05) is 24.9 Å². The second kappa shape index (κ2) is 18.4. The number of carboxylic acid groups (broad SMARTS) is 1. The molecular formula is C26H46N2O2. The molecule has 0 unspecified atom stereocenters. The molecule has 0 saturated carbocycles. The van der Waals surface area contributed by atoms with Crippen LogP contribution < -0.4 is 0 Å².